The summed E-state index contributed by atoms with van der Waals surface area (Å²) in [4.78, 5) is 25.6. The van der Waals surface area contributed by atoms with Gasteiger partial charge in [0.15, 0.2) is 0 Å². The lowest BCUT2D eigenvalue weighted by molar-refractivity contribution is -0.126. The van der Waals surface area contributed by atoms with Gasteiger partial charge in [-0.1, -0.05) is 48.6 Å². The Bertz CT molecular complexity index is 572. The molecule has 0 bridgehead atoms. The highest BCUT2D eigenvalue weighted by Gasteiger charge is 2.35. The number of hydrogen-bond acceptors (Lipinski definition) is 4. The first kappa shape index (κ1) is 17.0. The van der Waals surface area contributed by atoms with Gasteiger partial charge < -0.3 is 5.32 Å². The summed E-state index contributed by atoms with van der Waals surface area (Å²) in [7, 11) is 0. The molecular formula is C16H20N2O2S2. The summed E-state index contributed by atoms with van der Waals surface area (Å²) in [6, 6.07) is 7.68. The number of hydrogen-bond donors (Lipinski definition) is 1. The zero-order valence-corrected chi connectivity index (χ0v) is 14.4. The molecule has 0 aromatic heterocycles. The Morgan fingerprint density at radius 2 is 2.05 bits per heavy atom. The maximum atomic E-state index is 12.1. The van der Waals surface area contributed by atoms with Crippen LogP contribution in [0.25, 0.3) is 0 Å². The molecule has 1 N–H and O–H groups in total. The Balaban J connectivity index is 1.76. The van der Waals surface area contributed by atoms with Gasteiger partial charge in [0.2, 0.25) is 11.8 Å². The van der Waals surface area contributed by atoms with Gasteiger partial charge >= 0.3 is 0 Å². The fourth-order valence-electron chi connectivity index (χ4n) is 2.22. The molecule has 0 saturated carbocycles. The van der Waals surface area contributed by atoms with E-state index in [4.69, 9.17) is 12.2 Å². The molecule has 2 amide bonds. The minimum atomic E-state index is -0.0473. The van der Waals surface area contributed by atoms with E-state index in [0.717, 1.165) is 17.7 Å². The van der Waals surface area contributed by atoms with Crippen LogP contribution >= 0.6 is 24.0 Å². The van der Waals surface area contributed by atoms with Crippen molar-refractivity contribution in [3.8, 4) is 0 Å². The Morgan fingerprint density at radius 1 is 1.36 bits per heavy atom. The van der Waals surface area contributed by atoms with Crippen LogP contribution in [0.3, 0.4) is 0 Å². The summed E-state index contributed by atoms with van der Waals surface area (Å²) in [5.41, 5.74) is 1.95. The molecule has 1 aliphatic rings. The third-order valence-corrected chi connectivity index (χ3v) is 5.25. The zero-order valence-electron chi connectivity index (χ0n) is 12.8. The maximum absolute atomic E-state index is 12.1. The number of nitrogens with one attached hydrogen (secondary N) is 1. The highest BCUT2D eigenvalue weighted by Crippen LogP contribution is 2.29. The Labute approximate surface area is 140 Å². The predicted molar refractivity (Wildman–Crippen MR) is 95.0 cm³/mol. The Kier molecular flexibility index (Phi) is 5.97. The van der Waals surface area contributed by atoms with Crippen molar-refractivity contribution in [1.29, 1.82) is 0 Å². The van der Waals surface area contributed by atoms with Gasteiger partial charge in [0.25, 0.3) is 0 Å². The second-order valence-corrected chi connectivity index (χ2v) is 7.12. The van der Waals surface area contributed by atoms with Gasteiger partial charge in [-0.3, -0.25) is 14.5 Å². The number of nitrogens with zero attached hydrogens (tertiary/aromatic N) is 1. The molecule has 1 aromatic carbocycles. The van der Waals surface area contributed by atoms with Crippen LogP contribution in [0.4, 0.5) is 5.69 Å². The minimum Gasteiger partial charge on any atom is -0.326 e. The maximum Gasteiger partial charge on any atom is 0.241 e. The molecule has 1 unspecified atom stereocenters. The number of rotatable bonds is 6. The quantitative estimate of drug-likeness (QED) is 0.809. The van der Waals surface area contributed by atoms with Crippen LogP contribution in [0.2, 0.25) is 0 Å². The number of anilines is 1. The molecule has 22 heavy (non-hydrogen) atoms. The highest BCUT2D eigenvalue weighted by molar-refractivity contribution is 8.24. The molecule has 118 valence electrons. The topological polar surface area (TPSA) is 49.4 Å². The summed E-state index contributed by atoms with van der Waals surface area (Å²) >= 11 is 6.68. The monoisotopic (exact) mass is 336 g/mol. The van der Waals surface area contributed by atoms with E-state index in [-0.39, 0.29) is 17.1 Å². The van der Waals surface area contributed by atoms with Crippen LogP contribution in [0.15, 0.2) is 24.3 Å². The molecule has 4 nitrogen and oxygen atoms in total. The summed E-state index contributed by atoms with van der Waals surface area (Å²) < 4.78 is 0.635. The smallest absolute Gasteiger partial charge is 0.241 e. The largest absolute Gasteiger partial charge is 0.326 e. The van der Waals surface area contributed by atoms with Crippen molar-refractivity contribution in [3.05, 3.63) is 29.8 Å². The molecule has 1 aromatic rings. The number of carbonyl (C=O) groups is 2. The highest BCUT2D eigenvalue weighted by atomic mass is 32.2. The number of benzene rings is 1. The van der Waals surface area contributed by atoms with Crippen LogP contribution in [-0.4, -0.2) is 32.8 Å². The third kappa shape index (κ3) is 4.30. The van der Waals surface area contributed by atoms with Gasteiger partial charge in [-0.05, 0) is 31.9 Å². The summed E-state index contributed by atoms with van der Waals surface area (Å²) in [6.45, 7) is 4.50. The lowest BCUT2D eigenvalue weighted by Crippen LogP contribution is -2.32. The predicted octanol–water partition coefficient (Wildman–Crippen LogP) is 3.35. The van der Waals surface area contributed by atoms with Crippen molar-refractivity contribution in [2.45, 2.75) is 38.4 Å². The van der Waals surface area contributed by atoms with E-state index in [1.807, 2.05) is 38.1 Å². The average Bonchev–Trinajstić information content (AvgIpc) is 2.77. The van der Waals surface area contributed by atoms with Crippen molar-refractivity contribution in [2.24, 2.45) is 0 Å². The normalized spacial score (nSPS) is 17.9. The number of carbonyl (C=O) groups excluding carboxylic acids is 2. The van der Waals surface area contributed by atoms with Crippen LogP contribution in [0, 0.1) is 6.92 Å². The van der Waals surface area contributed by atoms with Gasteiger partial charge in [-0.25, -0.2) is 0 Å². The fraction of sp³-hybridized carbons (Fsp3) is 0.438. The minimum absolute atomic E-state index is 0.0406. The standard InChI is InChI=1S/C16H20N2O2S2/c1-3-13-15(20)18(16(21)22-13)10-4-5-14(19)17-12-8-6-11(2)7-9-12/h6-9,13H,3-5,10H2,1-2H3,(H,17,19). The zero-order chi connectivity index (χ0) is 16.1. The Morgan fingerprint density at radius 3 is 2.64 bits per heavy atom. The molecule has 0 radical (unpaired) electrons. The van der Waals surface area contributed by atoms with Crippen molar-refractivity contribution in [1.82, 2.24) is 4.90 Å². The Hall–Kier alpha value is -1.40. The fourth-order valence-corrected chi connectivity index (χ4v) is 3.69. The van der Waals surface area contributed by atoms with Crippen LogP contribution in [0.5, 0.6) is 0 Å². The molecule has 1 heterocycles. The molecule has 1 fully saturated rings. The van der Waals surface area contributed by atoms with E-state index in [1.54, 1.807) is 4.90 Å². The van der Waals surface area contributed by atoms with Crippen LogP contribution in [0.1, 0.15) is 31.7 Å². The molecule has 0 aliphatic carbocycles. The number of thioether (sulfide) groups is 1. The SMILES string of the molecule is CCC1SC(=S)N(CCCC(=O)Nc2ccc(C)cc2)C1=O. The first-order chi connectivity index (χ1) is 10.5. The molecule has 2 rings (SSSR count). The average molecular weight is 336 g/mol. The first-order valence-electron chi connectivity index (χ1n) is 7.39. The van der Waals surface area contributed by atoms with Crippen LogP contribution in [-0.2, 0) is 9.59 Å². The molecule has 1 aliphatic heterocycles. The number of aryl methyl sites for hydroxylation is 1. The summed E-state index contributed by atoms with van der Waals surface area (Å²) in [5, 5.41) is 2.81. The molecule has 6 heteroatoms. The van der Waals surface area contributed by atoms with Crippen LogP contribution < -0.4 is 5.32 Å². The van der Waals surface area contributed by atoms with E-state index in [0.29, 0.717) is 23.7 Å². The lowest BCUT2D eigenvalue weighted by atomic mass is 10.2. The molecule has 1 atom stereocenters. The lowest BCUT2D eigenvalue weighted by Gasteiger charge is -2.15. The van der Waals surface area contributed by atoms with Crippen molar-refractivity contribution >= 4 is 45.8 Å². The van der Waals surface area contributed by atoms with Crippen molar-refractivity contribution in [3.63, 3.8) is 0 Å². The van der Waals surface area contributed by atoms with E-state index in [2.05, 4.69) is 5.32 Å². The van der Waals surface area contributed by atoms with Crippen molar-refractivity contribution in [2.75, 3.05) is 11.9 Å². The summed E-state index contributed by atoms with van der Waals surface area (Å²) in [6.07, 6.45) is 1.77. The van der Waals surface area contributed by atoms with E-state index in [9.17, 15) is 9.59 Å². The van der Waals surface area contributed by atoms with E-state index in [1.165, 1.54) is 11.8 Å². The van der Waals surface area contributed by atoms with Gasteiger partial charge in [0.1, 0.15) is 4.32 Å². The van der Waals surface area contributed by atoms with Gasteiger partial charge in [-0.2, -0.15) is 0 Å². The molecular weight excluding hydrogens is 316 g/mol. The molecule has 1 saturated heterocycles. The van der Waals surface area contributed by atoms with E-state index >= 15 is 0 Å². The third-order valence-electron chi connectivity index (χ3n) is 3.50. The number of thiocarbonyl (C=S) groups is 1. The van der Waals surface area contributed by atoms with Gasteiger partial charge in [0.05, 0.1) is 5.25 Å². The number of amides is 2. The molecule has 0 spiro atoms. The van der Waals surface area contributed by atoms with Gasteiger partial charge in [0, 0.05) is 18.7 Å². The second-order valence-electron chi connectivity index (χ2n) is 5.29. The summed E-state index contributed by atoms with van der Waals surface area (Å²) in [5.74, 6) is 0.0394. The van der Waals surface area contributed by atoms with E-state index < -0.39 is 0 Å². The van der Waals surface area contributed by atoms with Crippen molar-refractivity contribution < 1.29 is 9.59 Å². The first-order valence-corrected chi connectivity index (χ1v) is 8.68. The van der Waals surface area contributed by atoms with Gasteiger partial charge in [-0.15, -0.1) is 0 Å². The second kappa shape index (κ2) is 7.74.